The number of hydrogen-bond acceptors (Lipinski definition) is 3. The second-order valence-corrected chi connectivity index (χ2v) is 4.93. The molecule has 1 aliphatic rings. The Morgan fingerprint density at radius 2 is 2.30 bits per heavy atom. The number of nitrogens with zero attached hydrogens (tertiary/aromatic N) is 2. The summed E-state index contributed by atoms with van der Waals surface area (Å²) >= 11 is 0. The molecule has 3 N–H and O–H groups in total. The molecule has 3 rings (SSSR count). The van der Waals surface area contributed by atoms with Crippen LogP contribution in [0.25, 0.3) is 5.69 Å². The molecule has 1 amide bonds. The fraction of sp³-hybridized carbons (Fsp3) is 0.286. The van der Waals surface area contributed by atoms with E-state index >= 15 is 0 Å². The minimum absolute atomic E-state index is 0.285. The molecule has 1 aromatic carbocycles. The molecule has 2 aromatic rings. The topological polar surface area (TPSA) is 72.9 Å². The fourth-order valence-corrected chi connectivity index (χ4v) is 2.05. The van der Waals surface area contributed by atoms with E-state index in [-0.39, 0.29) is 5.82 Å². The molecule has 0 unspecified atom stereocenters. The van der Waals surface area contributed by atoms with E-state index in [4.69, 9.17) is 5.73 Å². The molecule has 1 aliphatic carbocycles. The van der Waals surface area contributed by atoms with Crippen LogP contribution < -0.4 is 11.1 Å². The first-order valence-corrected chi connectivity index (χ1v) is 6.51. The standard InChI is InChI=1S/C14H15FN4O/c15-12-2-1-3-13(11(12)7-17-10-4-5-10)19-8-9(6-18-19)14(16)20/h1-3,6,8,10,17H,4-5,7H2,(H2,16,20). The number of aromatic nitrogens is 2. The molecule has 1 heterocycles. The third-order valence-corrected chi connectivity index (χ3v) is 3.35. The molecule has 0 bridgehead atoms. The van der Waals surface area contributed by atoms with Crippen molar-refractivity contribution in [2.24, 2.45) is 5.73 Å². The predicted molar refractivity (Wildman–Crippen MR) is 71.9 cm³/mol. The molecule has 20 heavy (non-hydrogen) atoms. The molecule has 1 fully saturated rings. The van der Waals surface area contributed by atoms with Crippen LogP contribution in [0, 0.1) is 5.82 Å². The summed E-state index contributed by atoms with van der Waals surface area (Å²) in [6, 6.07) is 5.30. The van der Waals surface area contributed by atoms with Crippen molar-refractivity contribution in [2.45, 2.75) is 25.4 Å². The van der Waals surface area contributed by atoms with Crippen LogP contribution >= 0.6 is 0 Å². The number of primary amides is 1. The van der Waals surface area contributed by atoms with Crippen molar-refractivity contribution in [3.05, 3.63) is 47.5 Å². The van der Waals surface area contributed by atoms with Crippen LogP contribution in [0.15, 0.2) is 30.6 Å². The fourth-order valence-electron chi connectivity index (χ4n) is 2.05. The minimum Gasteiger partial charge on any atom is -0.366 e. The van der Waals surface area contributed by atoms with E-state index in [1.165, 1.54) is 23.1 Å². The summed E-state index contributed by atoms with van der Waals surface area (Å²) in [5.74, 6) is -0.836. The molecular formula is C14H15FN4O. The Hall–Kier alpha value is -2.21. The molecule has 5 nitrogen and oxygen atoms in total. The van der Waals surface area contributed by atoms with E-state index < -0.39 is 5.91 Å². The smallest absolute Gasteiger partial charge is 0.251 e. The van der Waals surface area contributed by atoms with Crippen LogP contribution in [0.3, 0.4) is 0 Å². The zero-order valence-electron chi connectivity index (χ0n) is 10.8. The highest BCUT2D eigenvalue weighted by atomic mass is 19.1. The first-order chi connectivity index (χ1) is 9.65. The van der Waals surface area contributed by atoms with Crippen molar-refractivity contribution in [1.29, 1.82) is 0 Å². The van der Waals surface area contributed by atoms with Gasteiger partial charge < -0.3 is 11.1 Å². The van der Waals surface area contributed by atoms with Crippen LogP contribution in [0.4, 0.5) is 4.39 Å². The SMILES string of the molecule is NC(=O)c1cnn(-c2cccc(F)c2CNC2CC2)c1. The molecule has 0 saturated heterocycles. The summed E-state index contributed by atoms with van der Waals surface area (Å²) in [6.07, 6.45) is 5.16. The Balaban J connectivity index is 1.93. The van der Waals surface area contributed by atoms with Gasteiger partial charge in [0.25, 0.3) is 5.91 Å². The molecular weight excluding hydrogens is 259 g/mol. The first-order valence-electron chi connectivity index (χ1n) is 6.51. The van der Waals surface area contributed by atoms with Crippen molar-refractivity contribution in [2.75, 3.05) is 0 Å². The quantitative estimate of drug-likeness (QED) is 0.864. The molecule has 104 valence electrons. The maximum atomic E-state index is 14.0. The number of amides is 1. The van der Waals surface area contributed by atoms with Crippen molar-refractivity contribution >= 4 is 5.91 Å². The number of benzene rings is 1. The maximum absolute atomic E-state index is 14.0. The van der Waals surface area contributed by atoms with Gasteiger partial charge in [0.05, 0.1) is 17.4 Å². The van der Waals surface area contributed by atoms with E-state index in [9.17, 15) is 9.18 Å². The van der Waals surface area contributed by atoms with Crippen LogP contribution in [0.5, 0.6) is 0 Å². The van der Waals surface area contributed by atoms with Crippen molar-refractivity contribution < 1.29 is 9.18 Å². The lowest BCUT2D eigenvalue weighted by Crippen LogP contribution is -2.18. The lowest BCUT2D eigenvalue weighted by atomic mass is 10.1. The average Bonchev–Trinajstić information content (AvgIpc) is 3.11. The summed E-state index contributed by atoms with van der Waals surface area (Å²) in [5, 5.41) is 7.35. The average molecular weight is 274 g/mol. The van der Waals surface area contributed by atoms with Gasteiger partial charge in [0.2, 0.25) is 0 Å². The Labute approximate surface area is 115 Å². The Kier molecular flexibility index (Phi) is 3.23. The van der Waals surface area contributed by atoms with E-state index in [2.05, 4.69) is 10.4 Å². The second-order valence-electron chi connectivity index (χ2n) is 4.93. The number of nitrogens with two attached hydrogens (primary N) is 1. The van der Waals surface area contributed by atoms with Gasteiger partial charge in [0.1, 0.15) is 5.82 Å². The minimum atomic E-state index is -0.551. The number of halogens is 1. The summed E-state index contributed by atoms with van der Waals surface area (Å²) < 4.78 is 15.5. The van der Waals surface area contributed by atoms with Gasteiger partial charge in [-0.2, -0.15) is 5.10 Å². The lowest BCUT2D eigenvalue weighted by molar-refractivity contribution is 0.100. The number of nitrogens with one attached hydrogen (secondary N) is 1. The second kappa shape index (κ2) is 5.05. The van der Waals surface area contributed by atoms with Crippen LogP contribution in [-0.2, 0) is 6.54 Å². The van der Waals surface area contributed by atoms with Crippen molar-refractivity contribution in [1.82, 2.24) is 15.1 Å². The van der Waals surface area contributed by atoms with E-state index in [0.717, 1.165) is 12.8 Å². The molecule has 1 saturated carbocycles. The van der Waals surface area contributed by atoms with Crippen LogP contribution in [0.2, 0.25) is 0 Å². The molecule has 0 spiro atoms. The zero-order chi connectivity index (χ0) is 14.1. The van der Waals surface area contributed by atoms with Gasteiger partial charge in [-0.25, -0.2) is 9.07 Å². The third kappa shape index (κ3) is 2.55. The summed E-state index contributed by atoms with van der Waals surface area (Å²) in [7, 11) is 0. The molecule has 1 aromatic heterocycles. The highest BCUT2D eigenvalue weighted by Gasteiger charge is 2.21. The monoisotopic (exact) mass is 274 g/mol. The lowest BCUT2D eigenvalue weighted by Gasteiger charge is -2.11. The van der Waals surface area contributed by atoms with E-state index in [1.807, 2.05) is 0 Å². The van der Waals surface area contributed by atoms with Gasteiger partial charge in [0, 0.05) is 24.3 Å². The predicted octanol–water partition coefficient (Wildman–Crippen LogP) is 1.36. The van der Waals surface area contributed by atoms with Gasteiger partial charge in [-0.1, -0.05) is 6.07 Å². The van der Waals surface area contributed by atoms with Crippen LogP contribution in [0.1, 0.15) is 28.8 Å². The van der Waals surface area contributed by atoms with Gasteiger partial charge in [-0.3, -0.25) is 4.79 Å². The number of hydrogen-bond donors (Lipinski definition) is 2. The normalized spacial score (nSPS) is 14.4. The zero-order valence-corrected chi connectivity index (χ0v) is 10.8. The van der Waals surface area contributed by atoms with E-state index in [0.29, 0.717) is 29.4 Å². The van der Waals surface area contributed by atoms with Gasteiger partial charge in [0.15, 0.2) is 0 Å². The van der Waals surface area contributed by atoms with Crippen molar-refractivity contribution in [3.63, 3.8) is 0 Å². The van der Waals surface area contributed by atoms with Crippen LogP contribution in [-0.4, -0.2) is 21.7 Å². The van der Waals surface area contributed by atoms with Crippen molar-refractivity contribution in [3.8, 4) is 5.69 Å². The number of rotatable bonds is 5. The number of carbonyl (C=O) groups is 1. The van der Waals surface area contributed by atoms with E-state index in [1.54, 1.807) is 12.1 Å². The summed E-state index contributed by atoms with van der Waals surface area (Å²) in [5.41, 5.74) is 6.66. The number of carbonyl (C=O) groups excluding carboxylic acids is 1. The molecule has 0 radical (unpaired) electrons. The first kappa shape index (κ1) is 12.8. The molecule has 0 atom stereocenters. The van der Waals surface area contributed by atoms with Gasteiger partial charge in [-0.15, -0.1) is 0 Å². The largest absolute Gasteiger partial charge is 0.366 e. The maximum Gasteiger partial charge on any atom is 0.251 e. The van der Waals surface area contributed by atoms with Gasteiger partial charge >= 0.3 is 0 Å². The molecule has 6 heteroatoms. The summed E-state index contributed by atoms with van der Waals surface area (Å²) in [4.78, 5) is 11.1. The van der Waals surface area contributed by atoms with Gasteiger partial charge in [-0.05, 0) is 25.0 Å². The third-order valence-electron chi connectivity index (χ3n) is 3.35. The molecule has 0 aliphatic heterocycles. The Morgan fingerprint density at radius 1 is 1.50 bits per heavy atom. The Morgan fingerprint density at radius 3 is 2.95 bits per heavy atom. The highest BCUT2D eigenvalue weighted by Crippen LogP contribution is 2.22. The highest BCUT2D eigenvalue weighted by molar-refractivity contribution is 5.92. The Bertz CT molecular complexity index is 648. The summed E-state index contributed by atoms with van der Waals surface area (Å²) in [6.45, 7) is 0.443.